The highest BCUT2D eigenvalue weighted by atomic mass is 16.2. The topological polar surface area (TPSA) is 77.1 Å². The van der Waals surface area contributed by atoms with E-state index in [0.717, 1.165) is 17.3 Å². The quantitative estimate of drug-likeness (QED) is 0.857. The standard InChI is InChI=1S/C13H15N3O2/c1-2-9-4-3-5-10-6-7-16(12(9)10)8-11(17)15-13(14)18/h3-7H,2,8H2,1H3,(H3,14,15,17,18). The van der Waals surface area contributed by atoms with Gasteiger partial charge in [0.15, 0.2) is 0 Å². The van der Waals surface area contributed by atoms with Gasteiger partial charge in [0.1, 0.15) is 6.54 Å². The minimum atomic E-state index is -0.827. The van der Waals surface area contributed by atoms with E-state index >= 15 is 0 Å². The molecule has 0 unspecified atom stereocenters. The van der Waals surface area contributed by atoms with Crippen molar-refractivity contribution in [1.29, 1.82) is 0 Å². The number of imide groups is 1. The van der Waals surface area contributed by atoms with Crippen molar-refractivity contribution in [3.63, 3.8) is 0 Å². The molecule has 2 aromatic rings. The minimum Gasteiger partial charge on any atom is -0.351 e. The second kappa shape index (κ2) is 4.91. The molecule has 0 fully saturated rings. The zero-order valence-electron chi connectivity index (χ0n) is 10.1. The monoisotopic (exact) mass is 245 g/mol. The Hall–Kier alpha value is -2.30. The minimum absolute atomic E-state index is 0.0868. The number of urea groups is 1. The molecule has 2 rings (SSSR count). The molecule has 5 heteroatoms. The maximum Gasteiger partial charge on any atom is 0.318 e. The molecule has 0 saturated heterocycles. The molecule has 94 valence electrons. The highest BCUT2D eigenvalue weighted by Crippen LogP contribution is 2.20. The number of amides is 3. The largest absolute Gasteiger partial charge is 0.351 e. The van der Waals surface area contributed by atoms with E-state index in [1.54, 1.807) is 0 Å². The summed E-state index contributed by atoms with van der Waals surface area (Å²) in [6, 6.07) is 7.15. The third kappa shape index (κ3) is 2.34. The summed E-state index contributed by atoms with van der Waals surface area (Å²) < 4.78 is 1.83. The SMILES string of the molecule is CCc1cccc2ccn(CC(=O)NC(N)=O)c12. The molecule has 1 aromatic carbocycles. The van der Waals surface area contributed by atoms with Crippen LogP contribution in [0.5, 0.6) is 0 Å². The Kier molecular flexibility index (Phi) is 3.32. The normalized spacial score (nSPS) is 10.5. The molecule has 0 spiro atoms. The highest BCUT2D eigenvalue weighted by molar-refractivity contribution is 5.94. The lowest BCUT2D eigenvalue weighted by molar-refractivity contribution is -0.120. The summed E-state index contributed by atoms with van der Waals surface area (Å²) in [4.78, 5) is 22.1. The summed E-state index contributed by atoms with van der Waals surface area (Å²) >= 11 is 0. The smallest absolute Gasteiger partial charge is 0.318 e. The molecule has 0 aliphatic rings. The molecular weight excluding hydrogens is 230 g/mol. The first-order chi connectivity index (χ1) is 8.61. The van der Waals surface area contributed by atoms with E-state index in [9.17, 15) is 9.59 Å². The van der Waals surface area contributed by atoms with Crippen LogP contribution in [0.15, 0.2) is 30.5 Å². The average Bonchev–Trinajstić information content (AvgIpc) is 2.71. The van der Waals surface area contributed by atoms with Crippen LogP contribution in [0.4, 0.5) is 4.79 Å². The lowest BCUT2D eigenvalue weighted by Gasteiger charge is -2.08. The lowest BCUT2D eigenvalue weighted by Crippen LogP contribution is -2.37. The van der Waals surface area contributed by atoms with Crippen LogP contribution in [-0.4, -0.2) is 16.5 Å². The maximum atomic E-state index is 11.5. The number of nitrogens with one attached hydrogen (secondary N) is 1. The summed E-state index contributed by atoms with van der Waals surface area (Å²) in [5, 5.41) is 3.15. The van der Waals surface area contributed by atoms with Crippen molar-refractivity contribution >= 4 is 22.8 Å². The van der Waals surface area contributed by atoms with Gasteiger partial charge < -0.3 is 10.3 Å². The first-order valence-corrected chi connectivity index (χ1v) is 5.78. The summed E-state index contributed by atoms with van der Waals surface area (Å²) in [5.41, 5.74) is 7.11. The number of nitrogens with two attached hydrogens (primary N) is 1. The fourth-order valence-corrected chi connectivity index (χ4v) is 2.09. The van der Waals surface area contributed by atoms with Gasteiger partial charge in [0.2, 0.25) is 5.91 Å². The number of rotatable bonds is 3. The Bertz CT molecular complexity index is 601. The lowest BCUT2D eigenvalue weighted by atomic mass is 10.1. The zero-order chi connectivity index (χ0) is 13.1. The van der Waals surface area contributed by atoms with Gasteiger partial charge in [0.05, 0.1) is 5.52 Å². The van der Waals surface area contributed by atoms with Gasteiger partial charge in [0, 0.05) is 6.20 Å². The molecular formula is C13H15N3O2. The Morgan fingerprint density at radius 1 is 1.33 bits per heavy atom. The number of carbonyl (C=O) groups excluding carboxylic acids is 2. The summed E-state index contributed by atoms with van der Waals surface area (Å²) in [6.45, 7) is 2.15. The number of aryl methyl sites for hydroxylation is 1. The molecule has 0 aliphatic heterocycles. The first kappa shape index (κ1) is 12.2. The molecule has 0 aliphatic carbocycles. The second-order valence-electron chi connectivity index (χ2n) is 4.06. The van der Waals surface area contributed by atoms with Gasteiger partial charge >= 0.3 is 6.03 Å². The van der Waals surface area contributed by atoms with Crippen molar-refractivity contribution < 1.29 is 9.59 Å². The molecule has 18 heavy (non-hydrogen) atoms. The molecule has 0 radical (unpaired) electrons. The Morgan fingerprint density at radius 3 is 2.78 bits per heavy atom. The number of hydrogen-bond acceptors (Lipinski definition) is 2. The first-order valence-electron chi connectivity index (χ1n) is 5.78. The molecule has 3 amide bonds. The van der Waals surface area contributed by atoms with Gasteiger partial charge in [-0.25, -0.2) is 4.79 Å². The van der Waals surface area contributed by atoms with Crippen molar-refractivity contribution in [2.45, 2.75) is 19.9 Å². The van der Waals surface area contributed by atoms with Crippen LogP contribution in [0, 0.1) is 0 Å². The number of para-hydroxylation sites is 1. The van der Waals surface area contributed by atoms with Crippen LogP contribution in [0.2, 0.25) is 0 Å². The molecule has 3 N–H and O–H groups in total. The van der Waals surface area contributed by atoms with E-state index in [1.807, 2.05) is 35.0 Å². The summed E-state index contributed by atoms with van der Waals surface area (Å²) in [6.07, 6.45) is 2.73. The second-order valence-corrected chi connectivity index (χ2v) is 4.06. The van der Waals surface area contributed by atoms with Gasteiger partial charge in [-0.3, -0.25) is 10.1 Å². The van der Waals surface area contributed by atoms with Crippen molar-refractivity contribution in [2.24, 2.45) is 5.73 Å². The fourth-order valence-electron chi connectivity index (χ4n) is 2.09. The van der Waals surface area contributed by atoms with Gasteiger partial charge in [-0.2, -0.15) is 0 Å². The number of carbonyl (C=O) groups is 2. The Balaban J connectivity index is 2.34. The molecule has 1 heterocycles. The van der Waals surface area contributed by atoms with Crippen molar-refractivity contribution in [3.05, 3.63) is 36.0 Å². The molecule has 1 aromatic heterocycles. The number of nitrogens with zero attached hydrogens (tertiary/aromatic N) is 1. The van der Waals surface area contributed by atoms with Crippen molar-refractivity contribution in [1.82, 2.24) is 9.88 Å². The molecule has 0 atom stereocenters. The van der Waals surface area contributed by atoms with Crippen LogP contribution >= 0.6 is 0 Å². The van der Waals surface area contributed by atoms with Gasteiger partial charge in [-0.15, -0.1) is 0 Å². The Morgan fingerprint density at radius 2 is 2.11 bits per heavy atom. The summed E-state index contributed by atoms with van der Waals surface area (Å²) in [7, 11) is 0. The molecule has 0 saturated carbocycles. The molecule has 5 nitrogen and oxygen atoms in total. The number of primary amides is 1. The summed E-state index contributed by atoms with van der Waals surface area (Å²) in [5.74, 6) is -0.411. The van der Waals surface area contributed by atoms with Crippen LogP contribution in [-0.2, 0) is 17.8 Å². The number of hydrogen-bond donors (Lipinski definition) is 2. The highest BCUT2D eigenvalue weighted by Gasteiger charge is 2.09. The Labute approximate surface area is 105 Å². The number of fused-ring (bicyclic) bond motifs is 1. The third-order valence-electron chi connectivity index (χ3n) is 2.83. The van der Waals surface area contributed by atoms with E-state index in [0.29, 0.717) is 0 Å². The zero-order valence-corrected chi connectivity index (χ0v) is 10.1. The molecule has 0 bridgehead atoms. The predicted molar refractivity (Wildman–Crippen MR) is 69.0 cm³/mol. The fraction of sp³-hybridized carbons (Fsp3) is 0.231. The van der Waals surface area contributed by atoms with Crippen molar-refractivity contribution in [2.75, 3.05) is 0 Å². The number of benzene rings is 1. The van der Waals surface area contributed by atoms with E-state index in [-0.39, 0.29) is 6.54 Å². The van der Waals surface area contributed by atoms with E-state index in [4.69, 9.17) is 5.73 Å². The van der Waals surface area contributed by atoms with Gasteiger partial charge in [-0.05, 0) is 23.4 Å². The number of aromatic nitrogens is 1. The average molecular weight is 245 g/mol. The van der Waals surface area contributed by atoms with Crippen molar-refractivity contribution in [3.8, 4) is 0 Å². The van der Waals surface area contributed by atoms with Crippen LogP contribution in [0.1, 0.15) is 12.5 Å². The van der Waals surface area contributed by atoms with Gasteiger partial charge in [-0.1, -0.05) is 25.1 Å². The van der Waals surface area contributed by atoms with E-state index in [1.165, 1.54) is 5.56 Å². The van der Waals surface area contributed by atoms with E-state index in [2.05, 4.69) is 12.2 Å². The third-order valence-corrected chi connectivity index (χ3v) is 2.83. The van der Waals surface area contributed by atoms with Gasteiger partial charge in [0.25, 0.3) is 0 Å². The van der Waals surface area contributed by atoms with Crippen LogP contribution < -0.4 is 11.1 Å². The van der Waals surface area contributed by atoms with Crippen LogP contribution in [0.3, 0.4) is 0 Å². The predicted octanol–water partition coefficient (Wildman–Crippen LogP) is 1.40. The van der Waals surface area contributed by atoms with Crippen LogP contribution in [0.25, 0.3) is 10.9 Å². The van der Waals surface area contributed by atoms with E-state index < -0.39 is 11.9 Å². The maximum absolute atomic E-state index is 11.5.